The highest BCUT2D eigenvalue weighted by molar-refractivity contribution is 5.86. The van der Waals surface area contributed by atoms with Crippen molar-refractivity contribution in [3.8, 4) is 6.07 Å². The molecular weight excluding hydrogens is 266 g/mol. The molecule has 1 aromatic carbocycles. The van der Waals surface area contributed by atoms with Crippen LogP contribution >= 0.6 is 0 Å². The minimum absolute atomic E-state index is 0.0707. The average Bonchev–Trinajstić information content (AvgIpc) is 2.88. The van der Waals surface area contributed by atoms with Crippen LogP contribution in [-0.4, -0.2) is 29.1 Å². The van der Waals surface area contributed by atoms with Crippen LogP contribution in [0.5, 0.6) is 0 Å². The number of para-hydroxylation sites is 1. The van der Waals surface area contributed by atoms with E-state index in [1.807, 2.05) is 36.1 Å². The number of fused-ring (bicyclic) bond motifs is 1. The molecule has 1 aliphatic rings. The van der Waals surface area contributed by atoms with E-state index < -0.39 is 5.97 Å². The molecule has 0 radical (unpaired) electrons. The van der Waals surface area contributed by atoms with Crippen molar-refractivity contribution in [3.05, 3.63) is 35.9 Å². The molecule has 2 atom stereocenters. The van der Waals surface area contributed by atoms with Gasteiger partial charge in [0.2, 0.25) is 0 Å². The minimum Gasteiger partial charge on any atom is -0.481 e. The molecule has 1 aromatic heterocycles. The lowest BCUT2D eigenvalue weighted by molar-refractivity contribution is -0.142. The summed E-state index contributed by atoms with van der Waals surface area (Å²) in [5, 5.41) is 19.4. The number of hydrogen-bond donors (Lipinski definition) is 1. The normalized spacial score (nSPS) is 21.4. The monoisotopic (exact) mass is 281 g/mol. The van der Waals surface area contributed by atoms with Crippen molar-refractivity contribution in [1.29, 1.82) is 5.26 Å². The van der Waals surface area contributed by atoms with E-state index in [0.717, 1.165) is 10.9 Å². The first-order chi connectivity index (χ1) is 10.1. The number of hydrogen-bond acceptors (Lipinski definition) is 4. The first kappa shape index (κ1) is 13.4. The fourth-order valence-corrected chi connectivity index (χ4v) is 2.89. The first-order valence-electron chi connectivity index (χ1n) is 6.88. The Morgan fingerprint density at radius 3 is 2.86 bits per heavy atom. The summed E-state index contributed by atoms with van der Waals surface area (Å²) in [4.78, 5) is 17.8. The molecule has 2 unspecified atom stereocenters. The molecule has 0 amide bonds. The number of nitrogens with zero attached hydrogens (tertiary/aromatic N) is 3. The van der Waals surface area contributed by atoms with Gasteiger partial charge in [0.25, 0.3) is 0 Å². The molecule has 5 heteroatoms. The van der Waals surface area contributed by atoms with Gasteiger partial charge in [-0.3, -0.25) is 4.79 Å². The Morgan fingerprint density at radius 2 is 2.19 bits per heavy atom. The Hall–Kier alpha value is -2.61. The molecule has 1 N–H and O–H groups in total. The van der Waals surface area contributed by atoms with Gasteiger partial charge in [0.05, 0.1) is 23.1 Å². The van der Waals surface area contributed by atoms with Gasteiger partial charge in [-0.1, -0.05) is 25.1 Å². The molecule has 5 nitrogen and oxygen atoms in total. The summed E-state index contributed by atoms with van der Waals surface area (Å²) in [6.07, 6.45) is 0. The molecule has 0 spiro atoms. The Morgan fingerprint density at radius 1 is 1.43 bits per heavy atom. The van der Waals surface area contributed by atoms with Gasteiger partial charge in [-0.15, -0.1) is 0 Å². The largest absolute Gasteiger partial charge is 0.481 e. The lowest BCUT2D eigenvalue weighted by Gasteiger charge is -2.18. The summed E-state index contributed by atoms with van der Waals surface area (Å²) in [5.41, 5.74) is 1.33. The van der Waals surface area contributed by atoms with Gasteiger partial charge < -0.3 is 10.0 Å². The van der Waals surface area contributed by atoms with Gasteiger partial charge in [0, 0.05) is 18.5 Å². The van der Waals surface area contributed by atoms with Crippen molar-refractivity contribution in [2.75, 3.05) is 18.0 Å². The zero-order valence-corrected chi connectivity index (χ0v) is 11.7. The number of aliphatic carboxylic acids is 1. The number of aromatic nitrogens is 1. The summed E-state index contributed by atoms with van der Waals surface area (Å²) < 4.78 is 0. The molecule has 1 aliphatic heterocycles. The molecule has 0 bridgehead atoms. The van der Waals surface area contributed by atoms with E-state index >= 15 is 0 Å². The van der Waals surface area contributed by atoms with Crippen LogP contribution < -0.4 is 4.90 Å². The highest BCUT2D eigenvalue weighted by atomic mass is 16.4. The molecule has 3 rings (SSSR count). The maximum Gasteiger partial charge on any atom is 0.308 e. The molecule has 0 aliphatic carbocycles. The molecule has 0 saturated carbocycles. The van der Waals surface area contributed by atoms with Gasteiger partial charge in [-0.25, -0.2) is 4.98 Å². The van der Waals surface area contributed by atoms with Crippen LogP contribution in [0.15, 0.2) is 30.3 Å². The molecular formula is C16H15N3O2. The maximum absolute atomic E-state index is 11.2. The van der Waals surface area contributed by atoms with Crippen molar-refractivity contribution < 1.29 is 9.90 Å². The Kier molecular flexibility index (Phi) is 3.22. The van der Waals surface area contributed by atoms with E-state index in [-0.39, 0.29) is 11.8 Å². The topological polar surface area (TPSA) is 77.2 Å². The van der Waals surface area contributed by atoms with Gasteiger partial charge in [-0.05, 0) is 18.1 Å². The third kappa shape index (κ3) is 2.29. The lowest BCUT2D eigenvalue weighted by atomic mass is 9.99. The fraction of sp³-hybridized carbons (Fsp3) is 0.312. The third-order valence-corrected chi connectivity index (χ3v) is 4.08. The third-order valence-electron chi connectivity index (χ3n) is 4.08. The summed E-state index contributed by atoms with van der Waals surface area (Å²) >= 11 is 0. The number of benzene rings is 1. The number of anilines is 1. The van der Waals surface area contributed by atoms with Crippen LogP contribution in [0.2, 0.25) is 0 Å². The van der Waals surface area contributed by atoms with Crippen molar-refractivity contribution in [1.82, 2.24) is 4.98 Å². The molecule has 21 heavy (non-hydrogen) atoms. The van der Waals surface area contributed by atoms with Crippen LogP contribution in [0.25, 0.3) is 10.9 Å². The quantitative estimate of drug-likeness (QED) is 0.913. The van der Waals surface area contributed by atoms with Crippen molar-refractivity contribution in [3.63, 3.8) is 0 Å². The van der Waals surface area contributed by atoms with Crippen LogP contribution in [0.3, 0.4) is 0 Å². The van der Waals surface area contributed by atoms with E-state index in [1.54, 1.807) is 6.07 Å². The van der Waals surface area contributed by atoms with E-state index in [9.17, 15) is 15.2 Å². The van der Waals surface area contributed by atoms with E-state index in [1.165, 1.54) is 0 Å². The van der Waals surface area contributed by atoms with Gasteiger partial charge in [0.1, 0.15) is 5.82 Å². The standard InChI is InChI=1S/C16H15N3O2/c1-10-8-19(9-13(10)16(20)21)15-6-11(7-17)12-4-2-3-5-14(12)18-15/h2-6,10,13H,8-9H2,1H3,(H,20,21). The predicted molar refractivity (Wildman–Crippen MR) is 79.0 cm³/mol. The highest BCUT2D eigenvalue weighted by Crippen LogP contribution is 2.29. The van der Waals surface area contributed by atoms with E-state index in [0.29, 0.717) is 24.5 Å². The van der Waals surface area contributed by atoms with Gasteiger partial charge >= 0.3 is 5.97 Å². The number of carboxylic acid groups (broad SMARTS) is 1. The van der Waals surface area contributed by atoms with E-state index in [2.05, 4.69) is 11.1 Å². The molecule has 2 aromatic rings. The van der Waals surface area contributed by atoms with Crippen LogP contribution in [0.1, 0.15) is 12.5 Å². The number of pyridine rings is 1. The highest BCUT2D eigenvalue weighted by Gasteiger charge is 2.35. The Labute approximate surface area is 122 Å². The zero-order valence-electron chi connectivity index (χ0n) is 11.7. The first-order valence-corrected chi connectivity index (χ1v) is 6.88. The summed E-state index contributed by atoms with van der Waals surface area (Å²) in [7, 11) is 0. The molecule has 1 fully saturated rings. The zero-order chi connectivity index (χ0) is 15.0. The predicted octanol–water partition coefficient (Wildman–Crippen LogP) is 2.26. The Balaban J connectivity index is 2.02. The van der Waals surface area contributed by atoms with Gasteiger partial charge in [-0.2, -0.15) is 5.26 Å². The summed E-state index contributed by atoms with van der Waals surface area (Å²) in [6, 6.07) is 11.4. The lowest BCUT2D eigenvalue weighted by Crippen LogP contribution is -2.23. The minimum atomic E-state index is -0.772. The molecule has 106 valence electrons. The number of nitriles is 1. The smallest absolute Gasteiger partial charge is 0.308 e. The maximum atomic E-state index is 11.2. The number of carboxylic acids is 1. The van der Waals surface area contributed by atoms with Crippen LogP contribution in [-0.2, 0) is 4.79 Å². The number of carbonyl (C=O) groups is 1. The van der Waals surface area contributed by atoms with Crippen LogP contribution in [0.4, 0.5) is 5.82 Å². The van der Waals surface area contributed by atoms with Crippen LogP contribution in [0, 0.1) is 23.2 Å². The Bertz CT molecular complexity index is 751. The second kappa shape index (κ2) is 5.06. The average molecular weight is 281 g/mol. The van der Waals surface area contributed by atoms with Crippen molar-refractivity contribution in [2.45, 2.75) is 6.92 Å². The molecule has 2 heterocycles. The van der Waals surface area contributed by atoms with Crippen molar-refractivity contribution >= 4 is 22.7 Å². The van der Waals surface area contributed by atoms with Gasteiger partial charge in [0.15, 0.2) is 0 Å². The van der Waals surface area contributed by atoms with E-state index in [4.69, 9.17) is 0 Å². The number of rotatable bonds is 2. The summed E-state index contributed by atoms with van der Waals surface area (Å²) in [6.45, 7) is 3.02. The van der Waals surface area contributed by atoms with Crippen molar-refractivity contribution in [2.24, 2.45) is 11.8 Å². The molecule has 1 saturated heterocycles. The SMILES string of the molecule is CC1CN(c2cc(C#N)c3ccccc3n2)CC1C(=O)O. The second-order valence-electron chi connectivity index (χ2n) is 5.48. The fourth-order valence-electron chi connectivity index (χ4n) is 2.89. The summed E-state index contributed by atoms with van der Waals surface area (Å²) in [5.74, 6) is -0.405. The second-order valence-corrected chi connectivity index (χ2v) is 5.48.